The van der Waals surface area contributed by atoms with E-state index in [1.165, 1.54) is 12.1 Å². The Morgan fingerprint density at radius 1 is 1.31 bits per heavy atom. The van der Waals surface area contributed by atoms with E-state index in [0.29, 0.717) is 16.0 Å². The van der Waals surface area contributed by atoms with E-state index in [0.717, 1.165) is 11.8 Å². The van der Waals surface area contributed by atoms with E-state index >= 15 is 0 Å². The van der Waals surface area contributed by atoms with Crippen molar-refractivity contribution in [1.29, 1.82) is 5.26 Å². The molecule has 2 rings (SSSR count). The first kappa shape index (κ1) is 8.02. The molecule has 0 saturated carbocycles. The third-order valence-electron chi connectivity index (χ3n) is 1.74. The topological polar surface area (TPSA) is 57.9 Å². The molecule has 0 N–H and O–H groups in total. The zero-order valence-corrected chi connectivity index (χ0v) is 7.22. The smallest absolute Gasteiger partial charge is 0.264 e. The molecule has 0 aliphatic carbocycles. The molecule has 0 saturated heterocycles. The number of ketones is 1. The zero-order valence-electron chi connectivity index (χ0n) is 6.40. The first-order chi connectivity index (χ1) is 6.22. The predicted octanol–water partition coefficient (Wildman–Crippen LogP) is 1.37. The number of benzene rings is 1. The maximum Gasteiger partial charge on any atom is 0.264 e. The van der Waals surface area contributed by atoms with Crippen molar-refractivity contribution in [1.82, 2.24) is 0 Å². The van der Waals surface area contributed by atoms with Crippen molar-refractivity contribution in [3.05, 3.63) is 29.3 Å². The van der Waals surface area contributed by atoms with Gasteiger partial charge < -0.3 is 0 Å². The van der Waals surface area contributed by atoms with E-state index in [4.69, 9.17) is 5.26 Å². The molecule has 0 spiro atoms. The molecule has 62 valence electrons. The van der Waals surface area contributed by atoms with Gasteiger partial charge in [-0.15, -0.1) is 0 Å². The lowest BCUT2D eigenvalue weighted by molar-refractivity contribution is -0.107. The first-order valence-corrected chi connectivity index (χ1v) is 4.34. The Balaban J connectivity index is 2.60. The van der Waals surface area contributed by atoms with Crippen LogP contribution in [0.3, 0.4) is 0 Å². The van der Waals surface area contributed by atoms with Crippen molar-refractivity contribution in [2.24, 2.45) is 0 Å². The molecule has 3 nitrogen and oxygen atoms in total. The van der Waals surface area contributed by atoms with Crippen molar-refractivity contribution in [3.63, 3.8) is 0 Å². The highest BCUT2D eigenvalue weighted by Crippen LogP contribution is 2.32. The van der Waals surface area contributed by atoms with Crippen LogP contribution in [0, 0.1) is 11.3 Å². The van der Waals surface area contributed by atoms with E-state index in [2.05, 4.69) is 0 Å². The quantitative estimate of drug-likeness (QED) is 0.578. The third kappa shape index (κ3) is 1.14. The normalized spacial score (nSPS) is 14.1. The van der Waals surface area contributed by atoms with Gasteiger partial charge in [-0.3, -0.25) is 9.59 Å². The summed E-state index contributed by atoms with van der Waals surface area (Å²) in [5.41, 5.74) is 0.878. The molecule has 1 aliphatic rings. The summed E-state index contributed by atoms with van der Waals surface area (Å²) in [6.07, 6.45) is 0. The minimum absolute atomic E-state index is 0.411. The van der Waals surface area contributed by atoms with E-state index in [9.17, 15) is 9.59 Å². The Labute approximate surface area is 78.4 Å². The molecule has 13 heavy (non-hydrogen) atoms. The van der Waals surface area contributed by atoms with Gasteiger partial charge in [0.25, 0.3) is 5.12 Å². The zero-order chi connectivity index (χ0) is 9.42. The van der Waals surface area contributed by atoms with Crippen LogP contribution in [0.1, 0.15) is 15.9 Å². The van der Waals surface area contributed by atoms with Gasteiger partial charge in [-0.2, -0.15) is 5.26 Å². The average Bonchev–Trinajstić information content (AvgIpc) is 2.42. The molecule has 0 amide bonds. The molecule has 1 aromatic carbocycles. The highest BCUT2D eigenvalue weighted by atomic mass is 32.2. The van der Waals surface area contributed by atoms with Crippen LogP contribution in [0.25, 0.3) is 0 Å². The molecule has 0 aromatic heterocycles. The van der Waals surface area contributed by atoms with Gasteiger partial charge in [-0.05, 0) is 30.0 Å². The van der Waals surface area contributed by atoms with E-state index in [1.54, 1.807) is 6.07 Å². The van der Waals surface area contributed by atoms with Crippen LogP contribution in [0.2, 0.25) is 0 Å². The van der Waals surface area contributed by atoms with Crippen molar-refractivity contribution >= 4 is 22.7 Å². The van der Waals surface area contributed by atoms with Crippen LogP contribution in [0.15, 0.2) is 23.1 Å². The summed E-state index contributed by atoms with van der Waals surface area (Å²) >= 11 is 0.889. The molecule has 0 atom stereocenters. The number of nitriles is 1. The Morgan fingerprint density at radius 3 is 2.77 bits per heavy atom. The number of thioether (sulfide) groups is 1. The summed E-state index contributed by atoms with van der Waals surface area (Å²) in [6, 6.07) is 6.57. The Morgan fingerprint density at radius 2 is 2.08 bits per heavy atom. The summed E-state index contributed by atoms with van der Waals surface area (Å²) in [4.78, 5) is 22.7. The highest BCUT2D eigenvalue weighted by molar-refractivity contribution is 8.16. The second kappa shape index (κ2) is 2.71. The fourth-order valence-corrected chi connectivity index (χ4v) is 1.98. The summed E-state index contributed by atoms with van der Waals surface area (Å²) in [5.74, 6) is -0.468. The van der Waals surface area contributed by atoms with E-state index in [-0.39, 0.29) is 0 Å². The van der Waals surface area contributed by atoms with Gasteiger partial charge in [0.2, 0.25) is 5.78 Å². The number of fused-ring (bicyclic) bond motifs is 1. The molecule has 4 heteroatoms. The first-order valence-electron chi connectivity index (χ1n) is 3.53. The number of carbonyl (C=O) groups is 2. The fraction of sp³-hybridized carbons (Fsp3) is 0. The lowest BCUT2D eigenvalue weighted by atomic mass is 10.1. The maximum absolute atomic E-state index is 11.1. The molecular formula is C9H3NO2S. The number of Topliss-reactive ketones (excluding diaryl/α,β-unsaturated/α-hetero) is 1. The van der Waals surface area contributed by atoms with Gasteiger partial charge in [0, 0.05) is 10.5 Å². The van der Waals surface area contributed by atoms with Crippen LogP contribution in [0.5, 0.6) is 0 Å². The van der Waals surface area contributed by atoms with Crippen LogP contribution in [-0.4, -0.2) is 10.9 Å². The van der Waals surface area contributed by atoms with Crippen LogP contribution in [0.4, 0.5) is 0 Å². The summed E-state index contributed by atoms with van der Waals surface area (Å²) in [7, 11) is 0. The molecule has 1 aromatic rings. The maximum atomic E-state index is 11.1. The Kier molecular flexibility index (Phi) is 1.67. The van der Waals surface area contributed by atoms with Crippen molar-refractivity contribution < 1.29 is 9.59 Å². The Bertz CT molecular complexity index is 459. The SMILES string of the molecule is N#Cc1ccc2c(c1)SC(=O)C2=O. The second-order valence-electron chi connectivity index (χ2n) is 2.54. The third-order valence-corrected chi connectivity index (χ3v) is 2.67. The van der Waals surface area contributed by atoms with Crippen LogP contribution in [-0.2, 0) is 4.79 Å². The minimum atomic E-state index is -0.468. The standard InChI is InChI=1S/C9H3NO2S/c10-4-5-1-2-6-7(3-5)13-9(12)8(6)11/h1-3H. The number of carbonyl (C=O) groups excluding carboxylic acids is 2. The fourth-order valence-electron chi connectivity index (χ4n) is 1.12. The summed E-state index contributed by atoms with van der Waals surface area (Å²) in [6.45, 7) is 0. The number of hydrogen-bond acceptors (Lipinski definition) is 4. The van der Waals surface area contributed by atoms with Gasteiger partial charge in [-0.1, -0.05) is 0 Å². The summed E-state index contributed by atoms with van der Waals surface area (Å²) in [5, 5.41) is 8.10. The average molecular weight is 189 g/mol. The molecule has 0 radical (unpaired) electrons. The van der Waals surface area contributed by atoms with E-state index < -0.39 is 10.9 Å². The monoisotopic (exact) mass is 189 g/mol. The van der Waals surface area contributed by atoms with Gasteiger partial charge in [0.1, 0.15) is 0 Å². The number of nitrogens with zero attached hydrogens (tertiary/aromatic N) is 1. The molecule has 1 aliphatic heterocycles. The molecule has 1 heterocycles. The van der Waals surface area contributed by atoms with Gasteiger partial charge in [0.05, 0.1) is 11.6 Å². The molecule has 0 unspecified atom stereocenters. The van der Waals surface area contributed by atoms with Crippen LogP contribution >= 0.6 is 11.8 Å². The van der Waals surface area contributed by atoms with Gasteiger partial charge in [-0.25, -0.2) is 0 Å². The van der Waals surface area contributed by atoms with Crippen LogP contribution < -0.4 is 0 Å². The second-order valence-corrected chi connectivity index (χ2v) is 3.56. The minimum Gasteiger partial charge on any atom is -0.284 e. The Hall–Kier alpha value is -1.60. The van der Waals surface area contributed by atoms with Crippen molar-refractivity contribution in [2.45, 2.75) is 4.90 Å². The van der Waals surface area contributed by atoms with Gasteiger partial charge >= 0.3 is 0 Å². The predicted molar refractivity (Wildman–Crippen MR) is 46.4 cm³/mol. The lowest BCUT2D eigenvalue weighted by Gasteiger charge is -1.93. The van der Waals surface area contributed by atoms with Crippen molar-refractivity contribution in [2.75, 3.05) is 0 Å². The molecule has 0 bridgehead atoms. The molecular weight excluding hydrogens is 186 g/mol. The van der Waals surface area contributed by atoms with Gasteiger partial charge in [0.15, 0.2) is 0 Å². The lowest BCUT2D eigenvalue weighted by Crippen LogP contribution is -2.01. The number of hydrogen-bond donors (Lipinski definition) is 0. The van der Waals surface area contributed by atoms with E-state index in [1.807, 2.05) is 6.07 Å². The van der Waals surface area contributed by atoms with Crippen molar-refractivity contribution in [3.8, 4) is 6.07 Å². The number of rotatable bonds is 0. The highest BCUT2D eigenvalue weighted by Gasteiger charge is 2.29. The molecule has 0 fully saturated rings. The largest absolute Gasteiger partial charge is 0.284 e. The summed E-state index contributed by atoms with van der Waals surface area (Å²) < 4.78 is 0.